The molecule has 0 saturated carbocycles. The lowest BCUT2D eigenvalue weighted by atomic mass is 9.88. The lowest BCUT2D eigenvalue weighted by Gasteiger charge is -2.32. The minimum absolute atomic E-state index is 0.0633. The van der Waals surface area contributed by atoms with Crippen LogP contribution in [0, 0.1) is 11.8 Å². The summed E-state index contributed by atoms with van der Waals surface area (Å²) in [5, 5.41) is 20.6. The van der Waals surface area contributed by atoms with Gasteiger partial charge in [-0.05, 0) is 74.8 Å². The molecule has 0 bridgehead atoms. The smallest absolute Gasteiger partial charge is 0.407 e. The first-order valence-corrected chi connectivity index (χ1v) is 19.4. The molecule has 2 aliphatic rings. The number of aliphatic hydroxyl groups is 1. The molecule has 1 fully saturated rings. The number of alkyl carbamates (subject to hydrolysis) is 1. The Morgan fingerprint density at radius 2 is 1.39 bits per heavy atom. The molecular formula is C43H56N4O9. The van der Waals surface area contributed by atoms with Gasteiger partial charge in [0.25, 0.3) is 0 Å². The molecule has 0 aromatic heterocycles. The van der Waals surface area contributed by atoms with Gasteiger partial charge in [0.05, 0.1) is 25.4 Å². The molecule has 1 saturated heterocycles. The molecular weight excluding hydrogens is 716 g/mol. The Kier molecular flexibility index (Phi) is 14.7. The number of carbonyl (C=O) groups is 4. The Labute approximate surface area is 329 Å². The molecule has 13 heteroatoms. The average Bonchev–Trinajstić information content (AvgIpc) is 3.64. The zero-order valence-electron chi connectivity index (χ0n) is 33.0. The lowest BCUT2D eigenvalue weighted by molar-refractivity contribution is -0.141. The van der Waals surface area contributed by atoms with E-state index < -0.39 is 53.7 Å². The SMILES string of the molecule is CC(C)[C@H](NC(=O)[C@H](Cc1ccc2c(c1)OCO2)C[C@H](O)[C@H](Cc1ccccc1)NC(=O)OC(C)(C)C)C(=O)N[C@@H](Cc1ccccc1)C(=O)N1CCOCC1. The molecule has 13 nitrogen and oxygen atoms in total. The van der Waals surface area contributed by atoms with Crippen molar-refractivity contribution < 1.29 is 43.2 Å². The first-order chi connectivity index (χ1) is 26.8. The van der Waals surface area contributed by atoms with E-state index >= 15 is 0 Å². The highest BCUT2D eigenvalue weighted by Gasteiger charge is 2.35. The molecule has 56 heavy (non-hydrogen) atoms. The minimum Gasteiger partial charge on any atom is -0.454 e. The van der Waals surface area contributed by atoms with Gasteiger partial charge in [-0.2, -0.15) is 0 Å². The van der Waals surface area contributed by atoms with Gasteiger partial charge in [0.1, 0.15) is 17.7 Å². The highest BCUT2D eigenvalue weighted by atomic mass is 16.7. The zero-order valence-corrected chi connectivity index (χ0v) is 33.0. The molecule has 4 N–H and O–H groups in total. The molecule has 3 aromatic rings. The number of rotatable bonds is 16. The predicted octanol–water partition coefficient (Wildman–Crippen LogP) is 4.19. The second-order valence-corrected chi connectivity index (χ2v) is 15.8. The summed E-state index contributed by atoms with van der Waals surface area (Å²) < 4.78 is 22.1. The van der Waals surface area contributed by atoms with Crippen LogP contribution in [0.4, 0.5) is 4.79 Å². The topological polar surface area (TPSA) is 165 Å². The quantitative estimate of drug-likeness (QED) is 0.167. The van der Waals surface area contributed by atoms with Crippen LogP contribution in [-0.2, 0) is 43.1 Å². The fourth-order valence-corrected chi connectivity index (χ4v) is 6.82. The van der Waals surface area contributed by atoms with E-state index in [2.05, 4.69) is 16.0 Å². The standard InChI is InChI=1S/C43H56N4O9/c1-28(2)38(40(50)44-34(24-30-14-10-7-11-15-30)41(51)47-18-20-53-21-19-47)46-39(49)32(22-31-16-17-36-37(25-31)55-27-54-36)26-35(48)33(23-29-12-8-6-9-13-29)45-42(52)56-43(3,4)5/h6-17,25,28,32-35,38,48H,18-24,26-27H2,1-5H3,(H,44,50)(H,45,52)(H,46,49)/t32-,33+,34+,35+,38+/m1/s1. The van der Waals surface area contributed by atoms with Crippen molar-refractivity contribution in [3.63, 3.8) is 0 Å². The lowest BCUT2D eigenvalue weighted by Crippen LogP contribution is -2.58. The van der Waals surface area contributed by atoms with Crippen molar-refractivity contribution in [2.75, 3.05) is 33.1 Å². The monoisotopic (exact) mass is 772 g/mol. The van der Waals surface area contributed by atoms with Gasteiger partial charge < -0.3 is 44.9 Å². The number of hydrogen-bond acceptors (Lipinski definition) is 9. The number of morpholine rings is 1. The number of fused-ring (bicyclic) bond motifs is 1. The fraction of sp³-hybridized carbons (Fsp3) is 0.488. The van der Waals surface area contributed by atoms with Crippen LogP contribution in [0.5, 0.6) is 11.5 Å². The normalized spacial score (nSPS) is 16.6. The molecule has 5 rings (SSSR count). The molecule has 5 atom stereocenters. The number of aliphatic hydroxyl groups excluding tert-OH is 1. The number of benzene rings is 3. The highest BCUT2D eigenvalue weighted by Crippen LogP contribution is 2.33. The molecule has 2 aliphatic heterocycles. The van der Waals surface area contributed by atoms with Crippen molar-refractivity contribution in [2.45, 2.75) is 90.1 Å². The third-order valence-corrected chi connectivity index (χ3v) is 9.75. The Balaban J connectivity index is 1.38. The second-order valence-electron chi connectivity index (χ2n) is 15.8. The summed E-state index contributed by atoms with van der Waals surface area (Å²) in [6.45, 7) is 10.7. The molecule has 302 valence electrons. The summed E-state index contributed by atoms with van der Waals surface area (Å²) in [5.41, 5.74) is 1.74. The van der Waals surface area contributed by atoms with Crippen molar-refractivity contribution in [1.29, 1.82) is 0 Å². The molecule has 0 unspecified atom stereocenters. The number of carbonyl (C=O) groups excluding carboxylic acids is 4. The minimum atomic E-state index is -1.19. The maximum Gasteiger partial charge on any atom is 0.407 e. The molecule has 0 aliphatic carbocycles. The summed E-state index contributed by atoms with van der Waals surface area (Å²) in [6, 6.07) is 21.6. The third kappa shape index (κ3) is 12.4. The van der Waals surface area contributed by atoms with Crippen LogP contribution < -0.4 is 25.4 Å². The Bertz CT molecular complexity index is 1760. The van der Waals surface area contributed by atoms with Crippen LogP contribution in [0.1, 0.15) is 57.7 Å². The summed E-state index contributed by atoms with van der Waals surface area (Å²) in [5.74, 6) is -1.25. The fourth-order valence-electron chi connectivity index (χ4n) is 6.82. The van der Waals surface area contributed by atoms with Crippen molar-refractivity contribution in [1.82, 2.24) is 20.9 Å². The Hall–Kier alpha value is -5.14. The number of amides is 4. The molecule has 4 amide bonds. The van der Waals surface area contributed by atoms with E-state index in [1.807, 2.05) is 80.6 Å². The van der Waals surface area contributed by atoms with Crippen molar-refractivity contribution in [3.8, 4) is 11.5 Å². The van der Waals surface area contributed by atoms with E-state index in [9.17, 15) is 24.3 Å². The number of nitrogens with one attached hydrogen (secondary N) is 3. The van der Waals surface area contributed by atoms with E-state index in [1.54, 1.807) is 37.8 Å². The van der Waals surface area contributed by atoms with Gasteiger partial charge in [0.15, 0.2) is 11.5 Å². The number of nitrogens with zero attached hydrogens (tertiary/aromatic N) is 1. The van der Waals surface area contributed by atoms with Crippen LogP contribution in [0.3, 0.4) is 0 Å². The van der Waals surface area contributed by atoms with E-state index in [1.165, 1.54) is 0 Å². The van der Waals surface area contributed by atoms with Crippen LogP contribution in [0.15, 0.2) is 78.9 Å². The van der Waals surface area contributed by atoms with Gasteiger partial charge in [-0.3, -0.25) is 14.4 Å². The van der Waals surface area contributed by atoms with Crippen LogP contribution in [-0.4, -0.2) is 96.7 Å². The second kappa shape index (κ2) is 19.6. The predicted molar refractivity (Wildman–Crippen MR) is 210 cm³/mol. The van der Waals surface area contributed by atoms with Crippen molar-refractivity contribution in [3.05, 3.63) is 95.6 Å². The first-order valence-electron chi connectivity index (χ1n) is 19.4. The third-order valence-electron chi connectivity index (χ3n) is 9.75. The zero-order chi connectivity index (χ0) is 40.2. The van der Waals surface area contributed by atoms with Crippen molar-refractivity contribution >= 4 is 23.8 Å². The van der Waals surface area contributed by atoms with Gasteiger partial charge >= 0.3 is 6.09 Å². The van der Waals surface area contributed by atoms with Gasteiger partial charge in [-0.25, -0.2) is 4.79 Å². The first kappa shape index (κ1) is 42.0. The maximum absolute atomic E-state index is 14.4. The van der Waals surface area contributed by atoms with Crippen LogP contribution in [0.2, 0.25) is 0 Å². The van der Waals surface area contributed by atoms with E-state index in [4.69, 9.17) is 18.9 Å². The van der Waals surface area contributed by atoms with Crippen LogP contribution >= 0.6 is 0 Å². The summed E-state index contributed by atoms with van der Waals surface area (Å²) >= 11 is 0. The summed E-state index contributed by atoms with van der Waals surface area (Å²) in [4.78, 5) is 57.0. The van der Waals surface area contributed by atoms with Gasteiger partial charge in [0, 0.05) is 25.4 Å². The van der Waals surface area contributed by atoms with Crippen LogP contribution in [0.25, 0.3) is 0 Å². The molecule has 2 heterocycles. The largest absolute Gasteiger partial charge is 0.454 e. The van der Waals surface area contributed by atoms with Gasteiger partial charge in [-0.15, -0.1) is 0 Å². The average molecular weight is 773 g/mol. The number of hydrogen-bond donors (Lipinski definition) is 4. The number of ether oxygens (including phenoxy) is 4. The van der Waals surface area contributed by atoms with Gasteiger partial charge in [0.2, 0.25) is 24.5 Å². The van der Waals surface area contributed by atoms with E-state index in [0.717, 1.165) is 16.7 Å². The molecule has 3 aromatic carbocycles. The molecule has 0 spiro atoms. The Morgan fingerprint density at radius 3 is 2.02 bits per heavy atom. The van der Waals surface area contributed by atoms with Gasteiger partial charge in [-0.1, -0.05) is 80.6 Å². The highest BCUT2D eigenvalue weighted by molar-refractivity contribution is 5.93. The Morgan fingerprint density at radius 1 is 0.768 bits per heavy atom. The van der Waals surface area contributed by atoms with E-state index in [-0.39, 0.29) is 44.3 Å². The van der Waals surface area contributed by atoms with E-state index in [0.29, 0.717) is 37.8 Å². The summed E-state index contributed by atoms with van der Waals surface area (Å²) in [7, 11) is 0. The maximum atomic E-state index is 14.4. The molecule has 0 radical (unpaired) electrons. The summed E-state index contributed by atoms with van der Waals surface area (Å²) in [6.07, 6.45) is -1.22. The van der Waals surface area contributed by atoms with Crippen molar-refractivity contribution in [2.24, 2.45) is 11.8 Å².